The summed E-state index contributed by atoms with van der Waals surface area (Å²) in [4.78, 5) is 12.0. The molecule has 0 saturated carbocycles. The molecule has 0 spiro atoms. The first-order valence-corrected chi connectivity index (χ1v) is 7.87. The molecule has 0 aliphatic carbocycles. The summed E-state index contributed by atoms with van der Waals surface area (Å²) in [6.07, 6.45) is 2.78. The number of benzene rings is 1. The largest absolute Gasteiger partial charge is 0.349 e. The van der Waals surface area contributed by atoms with Crippen molar-refractivity contribution in [2.75, 3.05) is 19.6 Å². The molecule has 1 amide bonds. The lowest BCUT2D eigenvalue weighted by Crippen LogP contribution is -2.32. The lowest BCUT2D eigenvalue weighted by atomic mass is 10.3. The second-order valence-corrected chi connectivity index (χ2v) is 5.56. The van der Waals surface area contributed by atoms with E-state index in [1.807, 2.05) is 0 Å². The monoisotopic (exact) mass is 376 g/mol. The SMILES string of the molecule is CCCNCCNC(=O)c1ccn(-c2ccc(Cl)c(Cl)c2)n1.Cl. The minimum absolute atomic E-state index is 0. The molecule has 1 aromatic heterocycles. The molecule has 1 heterocycles. The van der Waals surface area contributed by atoms with Crippen LogP contribution < -0.4 is 10.6 Å². The predicted molar refractivity (Wildman–Crippen MR) is 96.3 cm³/mol. The smallest absolute Gasteiger partial charge is 0.271 e. The Morgan fingerprint density at radius 3 is 2.65 bits per heavy atom. The summed E-state index contributed by atoms with van der Waals surface area (Å²) in [6.45, 7) is 4.36. The number of halogens is 3. The molecule has 8 heteroatoms. The molecule has 2 aromatic rings. The molecule has 0 unspecified atom stereocenters. The Morgan fingerprint density at radius 2 is 1.96 bits per heavy atom. The standard InChI is InChI=1S/C15H18Cl2N4O.ClH/c1-2-6-18-7-8-19-15(22)14-5-9-21(20-14)11-3-4-12(16)13(17)10-11;/h3-5,9-10,18H,2,6-8H2,1H3,(H,19,22);1H. The lowest BCUT2D eigenvalue weighted by Gasteiger charge is -2.05. The average molecular weight is 378 g/mol. The van der Waals surface area contributed by atoms with E-state index in [2.05, 4.69) is 22.7 Å². The van der Waals surface area contributed by atoms with Gasteiger partial charge in [0.2, 0.25) is 0 Å². The number of aromatic nitrogens is 2. The van der Waals surface area contributed by atoms with Crippen LogP contribution in [0.1, 0.15) is 23.8 Å². The number of carbonyl (C=O) groups excluding carboxylic acids is 1. The molecule has 0 radical (unpaired) electrons. The summed E-state index contributed by atoms with van der Waals surface area (Å²) >= 11 is 11.9. The summed E-state index contributed by atoms with van der Waals surface area (Å²) < 4.78 is 1.59. The van der Waals surface area contributed by atoms with Gasteiger partial charge in [0.25, 0.3) is 5.91 Å². The van der Waals surface area contributed by atoms with Gasteiger partial charge in [-0.25, -0.2) is 4.68 Å². The van der Waals surface area contributed by atoms with Crippen molar-refractivity contribution in [2.45, 2.75) is 13.3 Å². The van der Waals surface area contributed by atoms with Gasteiger partial charge in [-0.1, -0.05) is 30.1 Å². The van der Waals surface area contributed by atoms with Crippen LogP contribution in [-0.2, 0) is 0 Å². The zero-order valence-electron chi connectivity index (χ0n) is 12.7. The summed E-state index contributed by atoms with van der Waals surface area (Å²) in [5, 5.41) is 11.2. The first-order chi connectivity index (χ1) is 10.6. The van der Waals surface area contributed by atoms with Gasteiger partial charge in [0.05, 0.1) is 15.7 Å². The fourth-order valence-electron chi connectivity index (χ4n) is 1.87. The lowest BCUT2D eigenvalue weighted by molar-refractivity contribution is 0.0948. The Kier molecular flexibility index (Phi) is 8.41. The van der Waals surface area contributed by atoms with Crippen molar-refractivity contribution in [3.05, 3.63) is 46.2 Å². The van der Waals surface area contributed by atoms with Crippen molar-refractivity contribution in [3.8, 4) is 5.69 Å². The molecule has 1 aromatic carbocycles. The van der Waals surface area contributed by atoms with E-state index < -0.39 is 0 Å². The van der Waals surface area contributed by atoms with Gasteiger partial charge in [0.15, 0.2) is 5.69 Å². The molecule has 0 saturated heterocycles. The highest BCUT2D eigenvalue weighted by Crippen LogP contribution is 2.24. The number of hydrogen-bond donors (Lipinski definition) is 2. The minimum Gasteiger partial charge on any atom is -0.349 e. The van der Waals surface area contributed by atoms with E-state index in [-0.39, 0.29) is 18.3 Å². The van der Waals surface area contributed by atoms with Crippen LogP contribution in [0.25, 0.3) is 5.69 Å². The molecule has 0 fully saturated rings. The number of amides is 1. The maximum atomic E-state index is 12.0. The van der Waals surface area contributed by atoms with Crippen LogP contribution in [0, 0.1) is 0 Å². The Labute approximate surface area is 151 Å². The number of hydrogen-bond acceptors (Lipinski definition) is 3. The molecule has 126 valence electrons. The molecule has 23 heavy (non-hydrogen) atoms. The van der Waals surface area contributed by atoms with Gasteiger partial charge >= 0.3 is 0 Å². The number of nitrogens with zero attached hydrogens (tertiary/aromatic N) is 2. The van der Waals surface area contributed by atoms with Gasteiger partial charge in [-0.3, -0.25) is 4.79 Å². The van der Waals surface area contributed by atoms with Crippen molar-refractivity contribution < 1.29 is 4.79 Å². The zero-order valence-corrected chi connectivity index (χ0v) is 15.0. The van der Waals surface area contributed by atoms with Gasteiger partial charge in [-0.2, -0.15) is 5.10 Å². The van der Waals surface area contributed by atoms with Crippen LogP contribution in [0.4, 0.5) is 0 Å². The highest BCUT2D eigenvalue weighted by molar-refractivity contribution is 6.42. The Hall–Kier alpha value is -1.27. The van der Waals surface area contributed by atoms with E-state index in [1.165, 1.54) is 0 Å². The third-order valence-electron chi connectivity index (χ3n) is 3.00. The van der Waals surface area contributed by atoms with E-state index in [0.29, 0.717) is 22.3 Å². The van der Waals surface area contributed by atoms with Gasteiger partial charge in [-0.15, -0.1) is 12.4 Å². The zero-order chi connectivity index (χ0) is 15.9. The second-order valence-electron chi connectivity index (χ2n) is 4.75. The Bertz CT molecular complexity index is 645. The fraction of sp³-hybridized carbons (Fsp3) is 0.333. The van der Waals surface area contributed by atoms with Gasteiger partial charge in [0, 0.05) is 19.3 Å². The van der Waals surface area contributed by atoms with Gasteiger partial charge in [0.1, 0.15) is 0 Å². The van der Waals surface area contributed by atoms with Crippen LogP contribution >= 0.6 is 35.6 Å². The van der Waals surface area contributed by atoms with Crippen molar-refractivity contribution in [1.82, 2.24) is 20.4 Å². The van der Waals surface area contributed by atoms with Crippen LogP contribution in [0.3, 0.4) is 0 Å². The minimum atomic E-state index is -0.197. The molecular formula is C15H19Cl3N4O. The first kappa shape index (κ1) is 19.8. The number of rotatable bonds is 7. The van der Waals surface area contributed by atoms with Gasteiger partial charge < -0.3 is 10.6 Å². The predicted octanol–water partition coefficient (Wildman–Crippen LogP) is 3.33. The summed E-state index contributed by atoms with van der Waals surface area (Å²) in [7, 11) is 0. The van der Waals surface area contributed by atoms with Crippen LogP contribution in [0.2, 0.25) is 10.0 Å². The van der Waals surface area contributed by atoms with Crippen molar-refractivity contribution in [3.63, 3.8) is 0 Å². The molecule has 0 bridgehead atoms. The molecular weight excluding hydrogens is 359 g/mol. The van der Waals surface area contributed by atoms with E-state index in [9.17, 15) is 4.79 Å². The highest BCUT2D eigenvalue weighted by atomic mass is 35.5. The summed E-state index contributed by atoms with van der Waals surface area (Å²) in [5.74, 6) is -0.197. The Balaban J connectivity index is 0.00000264. The topological polar surface area (TPSA) is 58.9 Å². The molecule has 0 aliphatic rings. The number of nitrogens with one attached hydrogen (secondary N) is 2. The van der Waals surface area contributed by atoms with Crippen LogP contribution in [0.15, 0.2) is 30.5 Å². The van der Waals surface area contributed by atoms with E-state index in [0.717, 1.165) is 25.2 Å². The average Bonchev–Trinajstić information content (AvgIpc) is 2.99. The molecule has 2 N–H and O–H groups in total. The van der Waals surface area contributed by atoms with E-state index in [4.69, 9.17) is 23.2 Å². The summed E-state index contributed by atoms with van der Waals surface area (Å²) in [5.41, 5.74) is 1.11. The summed E-state index contributed by atoms with van der Waals surface area (Å²) in [6, 6.07) is 6.85. The maximum absolute atomic E-state index is 12.0. The molecule has 0 atom stereocenters. The third kappa shape index (κ3) is 5.70. The molecule has 2 rings (SSSR count). The van der Waals surface area contributed by atoms with E-state index in [1.54, 1.807) is 35.1 Å². The second kappa shape index (κ2) is 9.78. The number of carbonyl (C=O) groups is 1. The highest BCUT2D eigenvalue weighted by Gasteiger charge is 2.10. The van der Waals surface area contributed by atoms with Gasteiger partial charge in [-0.05, 0) is 37.2 Å². The van der Waals surface area contributed by atoms with Crippen LogP contribution in [-0.4, -0.2) is 35.3 Å². The third-order valence-corrected chi connectivity index (χ3v) is 3.74. The fourth-order valence-corrected chi connectivity index (χ4v) is 2.17. The first-order valence-electron chi connectivity index (χ1n) is 7.12. The maximum Gasteiger partial charge on any atom is 0.271 e. The van der Waals surface area contributed by atoms with Crippen molar-refractivity contribution in [1.29, 1.82) is 0 Å². The molecule has 5 nitrogen and oxygen atoms in total. The van der Waals surface area contributed by atoms with E-state index >= 15 is 0 Å². The van der Waals surface area contributed by atoms with Crippen molar-refractivity contribution >= 4 is 41.5 Å². The van der Waals surface area contributed by atoms with Crippen LogP contribution in [0.5, 0.6) is 0 Å². The van der Waals surface area contributed by atoms with Crippen molar-refractivity contribution in [2.24, 2.45) is 0 Å². The normalized spacial score (nSPS) is 10.2. The Morgan fingerprint density at radius 1 is 1.17 bits per heavy atom. The quantitative estimate of drug-likeness (QED) is 0.728. The molecule has 0 aliphatic heterocycles.